The van der Waals surface area contributed by atoms with Gasteiger partial charge in [-0.2, -0.15) is 11.8 Å². The van der Waals surface area contributed by atoms with Gasteiger partial charge in [0.05, 0.1) is 26.9 Å². The van der Waals surface area contributed by atoms with Crippen LogP contribution in [0.3, 0.4) is 0 Å². The van der Waals surface area contributed by atoms with E-state index in [1.165, 1.54) is 12.8 Å². The number of hydrogen-bond acceptors (Lipinski definition) is 5. The summed E-state index contributed by atoms with van der Waals surface area (Å²) in [5.74, 6) is 2.07. The van der Waals surface area contributed by atoms with Gasteiger partial charge in [0.25, 0.3) is 0 Å². The number of thioether (sulfide) groups is 1. The Hall–Kier alpha value is -1.60. The third-order valence-electron chi connectivity index (χ3n) is 4.83. The minimum absolute atomic E-state index is 0.268. The molecule has 7 heteroatoms. The molecule has 1 aliphatic carbocycles. The maximum absolute atomic E-state index is 10.6. The first-order valence-corrected chi connectivity index (χ1v) is 10.9. The van der Waals surface area contributed by atoms with E-state index in [2.05, 4.69) is 21.9 Å². The summed E-state index contributed by atoms with van der Waals surface area (Å²) in [4.78, 5) is 4.60. The first-order chi connectivity index (χ1) is 13.1. The summed E-state index contributed by atoms with van der Waals surface area (Å²) >= 11 is 1.95. The Morgan fingerprint density at radius 3 is 2.56 bits per heavy atom. The third-order valence-corrected chi connectivity index (χ3v) is 5.92. The van der Waals surface area contributed by atoms with Gasteiger partial charge in [-0.25, -0.2) is 0 Å². The Morgan fingerprint density at radius 1 is 1.26 bits per heavy atom. The van der Waals surface area contributed by atoms with Crippen LogP contribution in [0.4, 0.5) is 0 Å². The number of aliphatic hydroxyl groups excluding tert-OH is 1. The van der Waals surface area contributed by atoms with Crippen molar-refractivity contribution in [3.63, 3.8) is 0 Å². The lowest BCUT2D eigenvalue weighted by atomic mass is 9.95. The monoisotopic (exact) mass is 395 g/mol. The highest BCUT2D eigenvalue weighted by Crippen LogP contribution is 2.28. The maximum Gasteiger partial charge on any atom is 0.191 e. The van der Waals surface area contributed by atoms with E-state index in [0.717, 1.165) is 30.9 Å². The van der Waals surface area contributed by atoms with E-state index in [1.54, 1.807) is 20.3 Å². The molecule has 6 nitrogen and oxygen atoms in total. The Bertz CT molecular complexity index is 590. The number of rotatable bonds is 8. The van der Waals surface area contributed by atoms with Crippen molar-refractivity contribution < 1.29 is 14.6 Å². The molecule has 0 bridgehead atoms. The molecule has 3 atom stereocenters. The lowest BCUT2D eigenvalue weighted by Gasteiger charge is -2.30. The predicted octanol–water partition coefficient (Wildman–Crippen LogP) is 2.97. The summed E-state index contributed by atoms with van der Waals surface area (Å²) < 4.78 is 10.6. The average molecular weight is 396 g/mol. The van der Waals surface area contributed by atoms with Crippen molar-refractivity contribution in [3.8, 4) is 11.5 Å². The third kappa shape index (κ3) is 6.81. The van der Waals surface area contributed by atoms with Crippen LogP contribution in [0, 0.1) is 0 Å². The van der Waals surface area contributed by atoms with Crippen molar-refractivity contribution in [2.75, 3.05) is 33.6 Å². The molecule has 1 aliphatic rings. The zero-order chi connectivity index (χ0) is 19.6. The first kappa shape index (κ1) is 21.7. The van der Waals surface area contributed by atoms with Crippen LogP contribution in [-0.4, -0.2) is 55.9 Å². The van der Waals surface area contributed by atoms with E-state index in [9.17, 15) is 5.11 Å². The molecule has 2 rings (SSSR count). The highest BCUT2D eigenvalue weighted by atomic mass is 32.2. The van der Waals surface area contributed by atoms with Crippen LogP contribution in [-0.2, 0) is 0 Å². The maximum atomic E-state index is 10.6. The molecule has 0 radical (unpaired) electrons. The van der Waals surface area contributed by atoms with E-state index in [-0.39, 0.29) is 6.54 Å². The number of nitrogens with one attached hydrogen (secondary N) is 2. The quantitative estimate of drug-likeness (QED) is 0.464. The molecule has 3 N–H and O–H groups in total. The Labute approximate surface area is 167 Å². The van der Waals surface area contributed by atoms with Gasteiger partial charge in [-0.15, -0.1) is 0 Å². The van der Waals surface area contributed by atoms with Crippen molar-refractivity contribution in [2.24, 2.45) is 4.99 Å². The molecule has 0 saturated heterocycles. The molecule has 0 amide bonds. The van der Waals surface area contributed by atoms with Crippen LogP contribution < -0.4 is 20.1 Å². The zero-order valence-corrected chi connectivity index (χ0v) is 17.6. The van der Waals surface area contributed by atoms with E-state index >= 15 is 0 Å². The van der Waals surface area contributed by atoms with Gasteiger partial charge in [0.1, 0.15) is 11.5 Å². The number of methoxy groups -OCH3 is 2. The highest BCUT2D eigenvalue weighted by molar-refractivity contribution is 7.99. The average Bonchev–Trinajstić information content (AvgIpc) is 2.71. The Morgan fingerprint density at radius 2 is 1.96 bits per heavy atom. The van der Waals surface area contributed by atoms with Crippen molar-refractivity contribution in [2.45, 2.75) is 50.0 Å². The van der Waals surface area contributed by atoms with Crippen LogP contribution in [0.5, 0.6) is 11.5 Å². The van der Waals surface area contributed by atoms with Gasteiger partial charge < -0.3 is 25.2 Å². The smallest absolute Gasteiger partial charge is 0.191 e. The minimum Gasteiger partial charge on any atom is -0.497 e. The number of nitrogens with zero attached hydrogens (tertiary/aromatic N) is 1. The zero-order valence-electron chi connectivity index (χ0n) is 16.8. The fourth-order valence-corrected chi connectivity index (χ4v) is 4.14. The van der Waals surface area contributed by atoms with Crippen LogP contribution >= 0.6 is 11.8 Å². The Kier molecular flexibility index (Phi) is 9.07. The van der Waals surface area contributed by atoms with E-state index in [0.29, 0.717) is 22.8 Å². The van der Waals surface area contributed by atoms with E-state index < -0.39 is 6.10 Å². The molecule has 1 aromatic carbocycles. The number of aliphatic imine (C=N–C) groups is 1. The van der Waals surface area contributed by atoms with Gasteiger partial charge in [-0.3, -0.25) is 4.99 Å². The summed E-state index contributed by atoms with van der Waals surface area (Å²) in [6.45, 7) is 3.10. The van der Waals surface area contributed by atoms with Crippen LogP contribution in [0.15, 0.2) is 23.2 Å². The molecular formula is C20H33N3O3S. The van der Waals surface area contributed by atoms with Gasteiger partial charge in [-0.1, -0.05) is 6.42 Å². The second-order valence-corrected chi connectivity index (χ2v) is 7.89. The molecule has 27 heavy (non-hydrogen) atoms. The van der Waals surface area contributed by atoms with Gasteiger partial charge in [0.2, 0.25) is 0 Å². The van der Waals surface area contributed by atoms with Crippen LogP contribution in [0.2, 0.25) is 0 Å². The van der Waals surface area contributed by atoms with Gasteiger partial charge in [0.15, 0.2) is 5.96 Å². The molecule has 152 valence electrons. The highest BCUT2D eigenvalue weighted by Gasteiger charge is 2.22. The van der Waals surface area contributed by atoms with Crippen molar-refractivity contribution in [1.82, 2.24) is 10.6 Å². The van der Waals surface area contributed by atoms with Crippen molar-refractivity contribution in [3.05, 3.63) is 23.8 Å². The van der Waals surface area contributed by atoms with Gasteiger partial charge >= 0.3 is 0 Å². The first-order valence-electron chi connectivity index (χ1n) is 9.58. The number of ether oxygens (including phenoxy) is 2. The van der Waals surface area contributed by atoms with Gasteiger partial charge in [-0.05, 0) is 50.1 Å². The molecule has 3 unspecified atom stereocenters. The van der Waals surface area contributed by atoms with E-state index in [1.807, 2.05) is 30.8 Å². The predicted molar refractivity (Wildman–Crippen MR) is 113 cm³/mol. The number of benzene rings is 1. The minimum atomic E-state index is -0.727. The summed E-state index contributed by atoms with van der Waals surface area (Å²) in [5.41, 5.74) is 0.728. The number of aliphatic hydroxyl groups is 1. The summed E-state index contributed by atoms with van der Waals surface area (Å²) in [6, 6.07) is 5.85. The molecule has 0 heterocycles. The number of hydrogen-bond donors (Lipinski definition) is 3. The summed E-state index contributed by atoms with van der Waals surface area (Å²) in [5, 5.41) is 18.1. The molecule has 0 aromatic heterocycles. The fraction of sp³-hybridized carbons (Fsp3) is 0.650. The van der Waals surface area contributed by atoms with Gasteiger partial charge in [0, 0.05) is 23.9 Å². The normalized spacial score (nSPS) is 21.4. The molecule has 0 spiro atoms. The molecule has 0 aliphatic heterocycles. The van der Waals surface area contributed by atoms with E-state index in [4.69, 9.17) is 9.47 Å². The van der Waals surface area contributed by atoms with Crippen LogP contribution in [0.1, 0.15) is 44.3 Å². The largest absolute Gasteiger partial charge is 0.497 e. The lowest BCUT2D eigenvalue weighted by molar-refractivity contribution is 0.186. The second kappa shape index (κ2) is 11.3. The van der Waals surface area contributed by atoms with Crippen LogP contribution in [0.25, 0.3) is 0 Å². The topological polar surface area (TPSA) is 75.1 Å². The van der Waals surface area contributed by atoms with Crippen molar-refractivity contribution >= 4 is 17.7 Å². The standard InChI is InChI=1S/C20H33N3O3S/c1-5-21-20(23-15-7-6-8-18(11-15)27-4)22-13-19(24)14-9-16(25-2)12-17(10-14)26-3/h9-10,12,15,18-19,24H,5-8,11,13H2,1-4H3,(H2,21,22,23). The summed E-state index contributed by atoms with van der Waals surface area (Å²) in [6.07, 6.45) is 6.32. The lowest BCUT2D eigenvalue weighted by Crippen LogP contribution is -2.45. The molecule has 1 aromatic rings. The summed E-state index contributed by atoms with van der Waals surface area (Å²) in [7, 11) is 3.20. The fourth-order valence-electron chi connectivity index (χ4n) is 3.31. The SMILES string of the molecule is CCNC(=NCC(O)c1cc(OC)cc(OC)c1)NC1CCCC(SC)C1. The molecule has 1 fully saturated rings. The second-order valence-electron chi connectivity index (χ2n) is 6.75. The molecule has 1 saturated carbocycles. The number of guanidine groups is 1. The van der Waals surface area contributed by atoms with Crippen molar-refractivity contribution in [1.29, 1.82) is 0 Å². The molecular weight excluding hydrogens is 362 g/mol. The Balaban J connectivity index is 2.02.